The van der Waals surface area contributed by atoms with Crippen LogP contribution in [0.4, 0.5) is 0 Å². The van der Waals surface area contributed by atoms with Crippen LogP contribution in [0.15, 0.2) is 21.3 Å². The number of thiol groups is 1. The summed E-state index contributed by atoms with van der Waals surface area (Å²) < 4.78 is 4.35. The maximum Gasteiger partial charge on any atom is 0.359 e. The molecule has 5 heteroatoms. The van der Waals surface area contributed by atoms with Crippen LogP contribution >= 0.6 is 12.6 Å². The lowest BCUT2D eigenvalue weighted by atomic mass is 10.5. The van der Waals surface area contributed by atoms with Crippen LogP contribution in [0.25, 0.3) is 0 Å². The van der Waals surface area contributed by atoms with E-state index in [0.717, 1.165) is 0 Å². The van der Waals surface area contributed by atoms with Gasteiger partial charge in [-0.15, -0.1) is 17.7 Å². The molecule has 10 heavy (non-hydrogen) atoms. The summed E-state index contributed by atoms with van der Waals surface area (Å²) in [4.78, 5) is 10.6. The molecule has 0 unspecified atom stereocenters. The van der Waals surface area contributed by atoms with Crippen molar-refractivity contribution in [1.82, 2.24) is 0 Å². The lowest BCUT2D eigenvalue weighted by molar-refractivity contribution is -0.136. The summed E-state index contributed by atoms with van der Waals surface area (Å²) >= 11 is 3.73. The Hall–Kier alpha value is -0.840. The van der Waals surface area contributed by atoms with Gasteiger partial charge in [0.15, 0.2) is 5.70 Å². The number of hydrogen-bond donors (Lipinski definition) is 1. The van der Waals surface area contributed by atoms with E-state index in [1.807, 2.05) is 0 Å². The van der Waals surface area contributed by atoms with Crippen molar-refractivity contribution in [2.75, 3.05) is 14.2 Å². The Labute approximate surface area is 64.4 Å². The van der Waals surface area contributed by atoms with Crippen molar-refractivity contribution in [2.45, 2.75) is 0 Å². The molecule has 0 N–H and O–H groups in total. The van der Waals surface area contributed by atoms with Crippen LogP contribution in [0, 0.1) is 0 Å². The molecule has 56 valence electrons. The summed E-state index contributed by atoms with van der Waals surface area (Å²) in [5.74, 6) is -0.541. The minimum absolute atomic E-state index is 0.0910. The van der Waals surface area contributed by atoms with Crippen molar-refractivity contribution in [3.8, 4) is 0 Å². The van der Waals surface area contributed by atoms with Gasteiger partial charge in [-0.25, -0.2) is 4.79 Å². The first-order chi connectivity index (χ1) is 4.76. The Morgan fingerprint density at radius 1 is 1.70 bits per heavy atom. The van der Waals surface area contributed by atoms with E-state index < -0.39 is 5.97 Å². The number of methoxy groups -OCH3 is 1. The summed E-state index contributed by atoms with van der Waals surface area (Å²) in [7, 11) is 2.73. The number of hydrogen-bond acceptors (Lipinski definition) is 5. The third-order valence-electron chi connectivity index (χ3n) is 0.725. The van der Waals surface area contributed by atoms with E-state index >= 15 is 0 Å². The molecule has 0 aliphatic rings. The molecule has 0 atom stereocenters. The van der Waals surface area contributed by atoms with Crippen LogP contribution < -0.4 is 0 Å². The predicted molar refractivity (Wildman–Crippen MR) is 39.9 cm³/mol. The van der Waals surface area contributed by atoms with E-state index in [1.165, 1.54) is 19.6 Å². The van der Waals surface area contributed by atoms with Gasteiger partial charge in [-0.2, -0.15) is 5.11 Å². The molecule has 4 nitrogen and oxygen atoms in total. The average Bonchev–Trinajstić information content (AvgIpc) is 1.99. The smallest absolute Gasteiger partial charge is 0.359 e. The van der Waals surface area contributed by atoms with Crippen LogP contribution in [-0.4, -0.2) is 20.1 Å². The number of azo groups is 1. The van der Waals surface area contributed by atoms with E-state index in [4.69, 9.17) is 0 Å². The van der Waals surface area contributed by atoms with Gasteiger partial charge in [0.1, 0.15) is 0 Å². The molecule has 0 aliphatic carbocycles. The van der Waals surface area contributed by atoms with Crippen molar-refractivity contribution < 1.29 is 9.53 Å². The Bertz CT molecular complexity index is 176. The Morgan fingerprint density at radius 3 is 2.60 bits per heavy atom. The molecule has 0 bridgehead atoms. The summed E-state index contributed by atoms with van der Waals surface area (Å²) in [5.41, 5.74) is 0.0910. The molecule has 0 heterocycles. The highest BCUT2D eigenvalue weighted by Crippen LogP contribution is 2.00. The summed E-state index contributed by atoms with van der Waals surface area (Å²) in [5, 5.41) is 8.07. The predicted octanol–water partition coefficient (Wildman–Crippen LogP) is 1.01. The third-order valence-corrected chi connectivity index (χ3v) is 0.969. The quantitative estimate of drug-likeness (QED) is 0.284. The second kappa shape index (κ2) is 4.99. The molecule has 0 saturated carbocycles. The standard InChI is InChI=1S/C5H8N2O2S/c1-6-7-4(3-10)5(8)9-2/h3,10H,1-2H3/b4-3-,7-6-. The first-order valence-corrected chi connectivity index (χ1v) is 3.00. The Morgan fingerprint density at radius 2 is 2.30 bits per heavy atom. The Kier molecular flexibility index (Phi) is 4.57. The first kappa shape index (κ1) is 9.16. The minimum atomic E-state index is -0.541. The van der Waals surface area contributed by atoms with Crippen LogP contribution in [0.2, 0.25) is 0 Å². The van der Waals surface area contributed by atoms with E-state index in [1.54, 1.807) is 0 Å². The second-order valence-electron chi connectivity index (χ2n) is 1.31. The number of carbonyl (C=O) groups excluding carboxylic acids is 1. The fourth-order valence-corrected chi connectivity index (χ4v) is 0.489. The highest BCUT2D eigenvalue weighted by atomic mass is 32.1. The van der Waals surface area contributed by atoms with Gasteiger partial charge >= 0.3 is 5.97 Å². The number of ether oxygens (including phenoxy) is 1. The van der Waals surface area contributed by atoms with Crippen molar-refractivity contribution >= 4 is 18.6 Å². The maximum absolute atomic E-state index is 10.6. The molecule has 0 aromatic rings. The normalized spacial score (nSPS) is 12.1. The van der Waals surface area contributed by atoms with Crippen LogP contribution in [0.1, 0.15) is 0 Å². The minimum Gasteiger partial charge on any atom is -0.464 e. The van der Waals surface area contributed by atoms with Gasteiger partial charge in [0.25, 0.3) is 0 Å². The summed E-state index contributed by atoms with van der Waals surface area (Å²) in [6.45, 7) is 0. The molecular weight excluding hydrogens is 152 g/mol. The molecule has 0 amide bonds. The van der Waals surface area contributed by atoms with Gasteiger partial charge in [0.2, 0.25) is 0 Å². The van der Waals surface area contributed by atoms with E-state index in [9.17, 15) is 4.79 Å². The fourth-order valence-electron chi connectivity index (χ4n) is 0.332. The molecule has 0 radical (unpaired) electrons. The van der Waals surface area contributed by atoms with Gasteiger partial charge in [0.05, 0.1) is 7.11 Å². The number of carbonyl (C=O) groups is 1. The van der Waals surface area contributed by atoms with Crippen molar-refractivity contribution in [1.29, 1.82) is 0 Å². The van der Waals surface area contributed by atoms with Crippen LogP contribution in [-0.2, 0) is 9.53 Å². The zero-order valence-electron chi connectivity index (χ0n) is 5.74. The van der Waals surface area contributed by atoms with Crippen molar-refractivity contribution in [2.24, 2.45) is 10.2 Å². The van der Waals surface area contributed by atoms with Gasteiger partial charge < -0.3 is 4.74 Å². The summed E-state index contributed by atoms with van der Waals surface area (Å²) in [6.07, 6.45) is 0. The summed E-state index contributed by atoms with van der Waals surface area (Å²) in [6, 6.07) is 0. The molecule has 0 aromatic carbocycles. The largest absolute Gasteiger partial charge is 0.464 e. The SMILES string of the molecule is C/N=N\C(=C/S)C(=O)OC. The molecule has 0 fully saturated rings. The average molecular weight is 160 g/mol. The number of nitrogens with zero attached hydrogens (tertiary/aromatic N) is 2. The van der Waals surface area contributed by atoms with Gasteiger partial charge in [0, 0.05) is 12.5 Å². The highest BCUT2D eigenvalue weighted by Gasteiger charge is 2.05. The van der Waals surface area contributed by atoms with Crippen LogP contribution in [0.5, 0.6) is 0 Å². The fraction of sp³-hybridized carbons (Fsp3) is 0.400. The molecule has 0 spiro atoms. The number of rotatable bonds is 2. The van der Waals surface area contributed by atoms with Crippen molar-refractivity contribution in [3.05, 3.63) is 11.1 Å². The second-order valence-corrected chi connectivity index (χ2v) is 1.56. The zero-order valence-corrected chi connectivity index (χ0v) is 6.63. The lowest BCUT2D eigenvalue weighted by Crippen LogP contribution is -2.01. The lowest BCUT2D eigenvalue weighted by Gasteiger charge is -1.93. The monoisotopic (exact) mass is 160 g/mol. The molecule has 0 saturated heterocycles. The topological polar surface area (TPSA) is 51.0 Å². The molecule has 0 aliphatic heterocycles. The first-order valence-electron chi connectivity index (χ1n) is 2.48. The molecular formula is C5H8N2O2S. The Balaban J connectivity index is 4.23. The third kappa shape index (κ3) is 2.63. The maximum atomic E-state index is 10.6. The van der Waals surface area contributed by atoms with Gasteiger partial charge in [-0.3, -0.25) is 0 Å². The number of esters is 1. The molecule has 0 aromatic heterocycles. The van der Waals surface area contributed by atoms with Crippen molar-refractivity contribution in [3.63, 3.8) is 0 Å². The van der Waals surface area contributed by atoms with E-state index in [2.05, 4.69) is 27.6 Å². The zero-order chi connectivity index (χ0) is 7.98. The van der Waals surface area contributed by atoms with Crippen LogP contribution in [0.3, 0.4) is 0 Å². The molecule has 0 rings (SSSR count). The van der Waals surface area contributed by atoms with Gasteiger partial charge in [-0.1, -0.05) is 0 Å². The van der Waals surface area contributed by atoms with Gasteiger partial charge in [-0.05, 0) is 0 Å². The van der Waals surface area contributed by atoms with E-state index in [0.29, 0.717) is 0 Å². The van der Waals surface area contributed by atoms with E-state index in [-0.39, 0.29) is 5.70 Å². The highest BCUT2D eigenvalue weighted by molar-refractivity contribution is 7.83.